The summed E-state index contributed by atoms with van der Waals surface area (Å²) in [5.41, 5.74) is 1.06. The molecule has 3 nitrogen and oxygen atoms in total. The van der Waals surface area contributed by atoms with Gasteiger partial charge in [0.2, 0.25) is 0 Å². The van der Waals surface area contributed by atoms with Crippen molar-refractivity contribution in [3.63, 3.8) is 0 Å². The maximum Gasteiger partial charge on any atom is 0.337 e. The average Bonchev–Trinajstić information content (AvgIpc) is 2.27. The molecule has 75 valence electrons. The number of ether oxygens (including phenoxy) is 1. The van der Waals surface area contributed by atoms with Crippen molar-refractivity contribution < 1.29 is 14.6 Å². The van der Waals surface area contributed by atoms with Gasteiger partial charge in [-0.25, -0.2) is 9.90 Å². The molecule has 0 saturated carbocycles. The van der Waals surface area contributed by atoms with Gasteiger partial charge in [-0.15, -0.1) is 0 Å². The highest BCUT2D eigenvalue weighted by Crippen LogP contribution is 2.18. The van der Waals surface area contributed by atoms with Crippen molar-refractivity contribution in [3.8, 4) is 0 Å². The lowest BCUT2D eigenvalue weighted by atomic mass is 10.0. The predicted molar refractivity (Wildman–Crippen MR) is 51.5 cm³/mol. The van der Waals surface area contributed by atoms with E-state index < -0.39 is 12.1 Å². The van der Waals surface area contributed by atoms with Crippen molar-refractivity contribution in [3.05, 3.63) is 35.4 Å². The fourth-order valence-electron chi connectivity index (χ4n) is 1.22. The topological polar surface area (TPSA) is 46.2 Å². The Morgan fingerprint density at radius 3 is 2.79 bits per heavy atom. The van der Waals surface area contributed by atoms with Crippen LogP contribution in [0.2, 0.25) is 0 Å². The van der Waals surface area contributed by atoms with E-state index in [1.54, 1.807) is 24.3 Å². The fraction of sp³-hybridized carbons (Fsp3) is 0.364. The second-order valence-corrected chi connectivity index (χ2v) is 3.01. The fourth-order valence-corrected chi connectivity index (χ4v) is 1.22. The first-order valence-corrected chi connectivity index (χ1v) is 4.53. The Morgan fingerprint density at radius 2 is 2.21 bits per heavy atom. The lowest BCUT2D eigenvalue weighted by molar-refractivity contribution is 0.0599. The molecule has 0 aliphatic heterocycles. The van der Waals surface area contributed by atoms with Crippen LogP contribution in [0.5, 0.6) is 0 Å². The van der Waals surface area contributed by atoms with Crippen LogP contribution < -0.4 is 0 Å². The van der Waals surface area contributed by atoms with Crippen molar-refractivity contribution in [2.75, 3.05) is 7.11 Å². The van der Waals surface area contributed by atoms with E-state index in [9.17, 15) is 9.90 Å². The Kier molecular flexibility index (Phi) is 3.65. The summed E-state index contributed by atoms with van der Waals surface area (Å²) in [4.78, 5) is 11.2. The molecule has 0 aliphatic rings. The zero-order valence-electron chi connectivity index (χ0n) is 8.32. The third-order valence-corrected chi connectivity index (χ3v) is 2.05. The van der Waals surface area contributed by atoms with E-state index in [0.29, 0.717) is 17.5 Å². The molecule has 0 amide bonds. The summed E-state index contributed by atoms with van der Waals surface area (Å²) in [6, 6.07) is 6.65. The first-order chi connectivity index (χ1) is 6.69. The highest BCUT2D eigenvalue weighted by Gasteiger charge is 2.10. The molecule has 14 heavy (non-hydrogen) atoms. The van der Waals surface area contributed by atoms with Gasteiger partial charge in [0, 0.05) is 0 Å². The molecule has 1 aromatic rings. The van der Waals surface area contributed by atoms with Gasteiger partial charge in [0.05, 0.1) is 12.7 Å². The van der Waals surface area contributed by atoms with Crippen molar-refractivity contribution in [1.29, 1.82) is 0 Å². The third kappa shape index (κ3) is 2.33. The molecule has 3 heteroatoms. The number of benzene rings is 1. The molecule has 1 atom stereocenters. The van der Waals surface area contributed by atoms with Gasteiger partial charge in [-0.2, -0.15) is 0 Å². The molecular formula is C11H13O3. The Balaban J connectivity index is 2.95. The maximum absolute atomic E-state index is 11.4. The highest BCUT2D eigenvalue weighted by atomic mass is 16.5. The number of rotatable bonds is 3. The highest BCUT2D eigenvalue weighted by molar-refractivity contribution is 5.89. The van der Waals surface area contributed by atoms with Crippen LogP contribution in [-0.4, -0.2) is 13.1 Å². The number of esters is 1. The largest absolute Gasteiger partial charge is 0.465 e. The van der Waals surface area contributed by atoms with Crippen LogP contribution in [-0.2, 0) is 9.84 Å². The standard InChI is InChI=1S/C11H13O3/c1-3-10(12)8-5-4-6-9(7-8)11(13)14-2/h4-7,10H,3H2,1-2H3. The average molecular weight is 193 g/mol. The number of methoxy groups -OCH3 is 1. The number of hydrogen-bond donors (Lipinski definition) is 0. The molecule has 0 saturated heterocycles. The summed E-state index contributed by atoms with van der Waals surface area (Å²) in [5, 5.41) is 11.4. The van der Waals surface area contributed by atoms with Crippen LogP contribution in [0.4, 0.5) is 0 Å². The normalized spacial score (nSPS) is 12.2. The number of carbonyl (C=O) groups excluding carboxylic acids is 1. The first-order valence-electron chi connectivity index (χ1n) is 4.53. The first kappa shape index (κ1) is 10.7. The zero-order valence-corrected chi connectivity index (χ0v) is 8.32. The second-order valence-electron chi connectivity index (χ2n) is 3.01. The second kappa shape index (κ2) is 4.77. The van der Waals surface area contributed by atoms with Crippen LogP contribution in [0.1, 0.15) is 35.4 Å². The van der Waals surface area contributed by atoms with Gasteiger partial charge in [-0.1, -0.05) is 19.1 Å². The van der Waals surface area contributed by atoms with Gasteiger partial charge >= 0.3 is 5.97 Å². The van der Waals surface area contributed by atoms with Gasteiger partial charge < -0.3 is 4.74 Å². The van der Waals surface area contributed by atoms with E-state index in [-0.39, 0.29) is 0 Å². The van der Waals surface area contributed by atoms with Crippen LogP contribution in [0, 0.1) is 0 Å². The molecule has 0 aliphatic carbocycles. The Hall–Kier alpha value is -1.35. The molecule has 0 spiro atoms. The van der Waals surface area contributed by atoms with Crippen molar-refractivity contribution >= 4 is 5.97 Å². The quantitative estimate of drug-likeness (QED) is 0.692. The minimum absolute atomic E-state index is 0.407. The Bertz CT molecular complexity index is 320. The van der Waals surface area contributed by atoms with Gasteiger partial charge in [0.15, 0.2) is 0 Å². The van der Waals surface area contributed by atoms with E-state index in [0.717, 1.165) is 0 Å². The summed E-state index contributed by atoms with van der Waals surface area (Å²) in [6.07, 6.45) is -0.246. The van der Waals surface area contributed by atoms with Crippen LogP contribution in [0.25, 0.3) is 0 Å². The predicted octanol–water partition coefficient (Wildman–Crippen LogP) is 2.35. The number of hydrogen-bond acceptors (Lipinski definition) is 2. The minimum atomic E-state index is -0.764. The minimum Gasteiger partial charge on any atom is -0.465 e. The van der Waals surface area contributed by atoms with Gasteiger partial charge in [0.1, 0.15) is 6.10 Å². The summed E-state index contributed by atoms with van der Waals surface area (Å²) in [7, 11) is 1.32. The molecule has 0 bridgehead atoms. The molecule has 1 radical (unpaired) electrons. The summed E-state index contributed by atoms with van der Waals surface area (Å²) >= 11 is 0. The van der Waals surface area contributed by atoms with E-state index in [2.05, 4.69) is 4.74 Å². The Morgan fingerprint density at radius 1 is 1.50 bits per heavy atom. The van der Waals surface area contributed by atoms with Crippen LogP contribution >= 0.6 is 0 Å². The SMILES string of the molecule is CCC([O])c1cccc(C(=O)OC)c1. The zero-order chi connectivity index (χ0) is 10.6. The van der Waals surface area contributed by atoms with E-state index in [1.807, 2.05) is 6.92 Å². The van der Waals surface area contributed by atoms with Gasteiger partial charge in [-0.3, -0.25) is 0 Å². The van der Waals surface area contributed by atoms with E-state index in [1.165, 1.54) is 7.11 Å². The molecule has 1 unspecified atom stereocenters. The van der Waals surface area contributed by atoms with E-state index >= 15 is 0 Å². The Labute approximate surface area is 83.3 Å². The smallest absolute Gasteiger partial charge is 0.337 e. The summed E-state index contributed by atoms with van der Waals surface area (Å²) in [6.45, 7) is 1.82. The van der Waals surface area contributed by atoms with Crippen LogP contribution in [0.15, 0.2) is 24.3 Å². The van der Waals surface area contributed by atoms with Crippen molar-refractivity contribution in [2.24, 2.45) is 0 Å². The maximum atomic E-state index is 11.4. The van der Waals surface area contributed by atoms with E-state index in [4.69, 9.17) is 0 Å². The van der Waals surface area contributed by atoms with Crippen molar-refractivity contribution in [2.45, 2.75) is 19.4 Å². The molecule has 1 rings (SSSR count). The lowest BCUT2D eigenvalue weighted by Crippen LogP contribution is -2.03. The molecule has 0 aromatic heterocycles. The third-order valence-electron chi connectivity index (χ3n) is 2.05. The number of carbonyl (C=O) groups is 1. The summed E-state index contributed by atoms with van der Waals surface area (Å²) < 4.78 is 4.56. The lowest BCUT2D eigenvalue weighted by Gasteiger charge is -2.06. The van der Waals surface area contributed by atoms with Crippen molar-refractivity contribution in [1.82, 2.24) is 0 Å². The molecule has 0 fully saturated rings. The molecule has 1 aromatic carbocycles. The molecule has 0 heterocycles. The van der Waals surface area contributed by atoms with Gasteiger partial charge in [-0.05, 0) is 24.1 Å². The monoisotopic (exact) mass is 193 g/mol. The van der Waals surface area contributed by atoms with Crippen LogP contribution in [0.3, 0.4) is 0 Å². The molecule has 0 N–H and O–H groups in total. The summed E-state index contributed by atoms with van der Waals surface area (Å²) in [5.74, 6) is -0.407. The molecular weight excluding hydrogens is 180 g/mol. The van der Waals surface area contributed by atoms with Gasteiger partial charge in [0.25, 0.3) is 0 Å².